The fourth-order valence-electron chi connectivity index (χ4n) is 7.53. The van der Waals surface area contributed by atoms with Gasteiger partial charge in [-0.25, -0.2) is 0 Å². The lowest BCUT2D eigenvalue weighted by atomic mass is 9.55. The summed E-state index contributed by atoms with van der Waals surface area (Å²) in [5.74, 6) is 2.78. The number of ketones is 1. The first-order valence-electron chi connectivity index (χ1n) is 11.7. The van der Waals surface area contributed by atoms with E-state index in [4.69, 9.17) is 4.74 Å². The maximum atomic E-state index is 11.9. The van der Waals surface area contributed by atoms with Crippen LogP contribution >= 0.6 is 0 Å². The Morgan fingerprint density at radius 1 is 1.15 bits per heavy atom. The molecule has 5 rings (SSSR count). The van der Waals surface area contributed by atoms with Gasteiger partial charge in [0, 0.05) is 18.4 Å². The van der Waals surface area contributed by atoms with Crippen molar-refractivity contribution in [1.82, 2.24) is 0 Å². The zero-order chi connectivity index (χ0) is 18.6. The summed E-state index contributed by atoms with van der Waals surface area (Å²) in [6.45, 7) is 5.83. The molecule has 0 aromatic heterocycles. The largest absolute Gasteiger partial charge is 0.374 e. The van der Waals surface area contributed by atoms with Crippen LogP contribution < -0.4 is 0 Å². The van der Waals surface area contributed by atoms with Crippen molar-refractivity contribution in [1.29, 1.82) is 0 Å². The van der Waals surface area contributed by atoms with E-state index in [1.807, 2.05) is 6.08 Å². The lowest BCUT2D eigenvalue weighted by Gasteiger charge is -2.51. The van der Waals surface area contributed by atoms with Crippen molar-refractivity contribution in [3.8, 4) is 0 Å². The van der Waals surface area contributed by atoms with E-state index in [0.29, 0.717) is 11.2 Å². The number of carbonyl (C=O) groups is 1. The van der Waals surface area contributed by atoms with Crippen molar-refractivity contribution in [2.45, 2.75) is 96.5 Å². The highest BCUT2D eigenvalue weighted by Crippen LogP contribution is 2.75. The van der Waals surface area contributed by atoms with Gasteiger partial charge in [-0.3, -0.25) is 4.79 Å². The first kappa shape index (κ1) is 18.2. The van der Waals surface area contributed by atoms with Crippen molar-refractivity contribution in [2.75, 3.05) is 6.61 Å². The zero-order valence-corrected chi connectivity index (χ0v) is 17.3. The molecule has 27 heavy (non-hydrogen) atoms. The van der Waals surface area contributed by atoms with Gasteiger partial charge < -0.3 is 4.74 Å². The molecule has 0 unspecified atom stereocenters. The minimum Gasteiger partial charge on any atom is -0.374 e. The monoisotopic (exact) mass is 368 g/mol. The Hall–Kier alpha value is -0.890. The molecule has 0 aliphatic heterocycles. The Kier molecular flexibility index (Phi) is 4.42. The number of hydrogen-bond donors (Lipinski definition) is 0. The molecule has 2 heteroatoms. The number of ether oxygens (including phenoxy) is 1. The number of unbranched alkanes of at least 4 members (excludes halogenated alkanes) is 3. The van der Waals surface area contributed by atoms with Crippen LogP contribution in [0.15, 0.2) is 22.8 Å². The molecular formula is C25H36O2. The zero-order valence-electron chi connectivity index (χ0n) is 17.3. The van der Waals surface area contributed by atoms with Crippen LogP contribution in [0.1, 0.15) is 90.9 Å². The molecule has 0 bridgehead atoms. The van der Waals surface area contributed by atoms with Gasteiger partial charge in [0.05, 0.1) is 5.60 Å². The summed E-state index contributed by atoms with van der Waals surface area (Å²) in [5, 5.41) is 0. The van der Waals surface area contributed by atoms with E-state index < -0.39 is 0 Å². The summed E-state index contributed by atoms with van der Waals surface area (Å²) in [7, 11) is 0. The van der Waals surface area contributed by atoms with Crippen molar-refractivity contribution >= 4 is 5.78 Å². The quantitative estimate of drug-likeness (QED) is 0.525. The van der Waals surface area contributed by atoms with Gasteiger partial charge in [-0.2, -0.15) is 0 Å². The summed E-state index contributed by atoms with van der Waals surface area (Å²) < 4.78 is 6.71. The van der Waals surface area contributed by atoms with Crippen LogP contribution in [-0.4, -0.2) is 18.0 Å². The van der Waals surface area contributed by atoms with Gasteiger partial charge in [-0.05, 0) is 86.3 Å². The Bertz CT molecular complexity index is 701. The van der Waals surface area contributed by atoms with Gasteiger partial charge in [-0.15, -0.1) is 0 Å². The SMILES string of the molecule is CCCCCCO[C@@]12C[C@@H]1C[C@H]1[C@@H]3CCC4=CC(=O)CCC4=C3CC[C@@]12C. The van der Waals surface area contributed by atoms with Crippen molar-refractivity contribution in [3.63, 3.8) is 0 Å². The average Bonchev–Trinajstić information content (AvgIpc) is 3.32. The molecule has 3 saturated carbocycles. The first-order chi connectivity index (χ1) is 13.1. The lowest BCUT2D eigenvalue weighted by Crippen LogP contribution is -2.46. The van der Waals surface area contributed by atoms with E-state index in [1.165, 1.54) is 63.4 Å². The van der Waals surface area contributed by atoms with Gasteiger partial charge in [0.2, 0.25) is 0 Å². The number of allylic oxidation sites excluding steroid dienone is 4. The molecule has 5 aliphatic carbocycles. The van der Waals surface area contributed by atoms with E-state index in [9.17, 15) is 4.79 Å². The predicted molar refractivity (Wildman–Crippen MR) is 108 cm³/mol. The van der Waals surface area contributed by atoms with Crippen LogP contribution in [0.5, 0.6) is 0 Å². The van der Waals surface area contributed by atoms with Crippen LogP contribution in [0.2, 0.25) is 0 Å². The fraction of sp³-hybridized carbons (Fsp3) is 0.800. The fourth-order valence-corrected chi connectivity index (χ4v) is 7.53. The minimum atomic E-state index is 0.221. The van der Waals surface area contributed by atoms with Crippen LogP contribution in [0, 0.1) is 23.2 Å². The van der Waals surface area contributed by atoms with Gasteiger partial charge in [0.15, 0.2) is 5.78 Å². The Morgan fingerprint density at radius 2 is 2.04 bits per heavy atom. The third-order valence-electron chi connectivity index (χ3n) is 9.03. The molecule has 2 nitrogen and oxygen atoms in total. The average molecular weight is 369 g/mol. The molecule has 0 spiro atoms. The van der Waals surface area contributed by atoms with Crippen molar-refractivity contribution < 1.29 is 9.53 Å². The Balaban J connectivity index is 1.34. The van der Waals surface area contributed by atoms with Crippen LogP contribution in [0.4, 0.5) is 0 Å². The summed E-state index contributed by atoms with van der Waals surface area (Å²) in [5.41, 5.74) is 5.36. The van der Waals surface area contributed by atoms with Crippen molar-refractivity contribution in [2.24, 2.45) is 23.2 Å². The lowest BCUT2D eigenvalue weighted by molar-refractivity contribution is -0.114. The number of rotatable bonds is 6. The summed E-state index contributed by atoms with van der Waals surface area (Å²) in [6.07, 6.45) is 16.6. The van der Waals surface area contributed by atoms with Crippen LogP contribution in [0.3, 0.4) is 0 Å². The Labute approximate surface area is 164 Å². The highest BCUT2D eigenvalue weighted by atomic mass is 16.5. The second kappa shape index (κ2) is 6.58. The van der Waals surface area contributed by atoms with Crippen molar-refractivity contribution in [3.05, 3.63) is 22.8 Å². The molecule has 0 radical (unpaired) electrons. The van der Waals surface area contributed by atoms with Gasteiger partial charge in [0.25, 0.3) is 0 Å². The van der Waals surface area contributed by atoms with E-state index in [-0.39, 0.29) is 5.60 Å². The minimum absolute atomic E-state index is 0.221. The molecule has 148 valence electrons. The first-order valence-corrected chi connectivity index (χ1v) is 11.7. The predicted octanol–water partition coefficient (Wildman–Crippen LogP) is 6.16. The normalized spacial score (nSPS) is 42.2. The van der Waals surface area contributed by atoms with Crippen LogP contribution in [-0.2, 0) is 9.53 Å². The van der Waals surface area contributed by atoms with E-state index >= 15 is 0 Å². The standard InChI is InChI=1S/C25H36O2/c1-3-4-5-6-13-27-25-16-18(25)15-23-22-9-7-17-14-19(26)8-10-20(17)21(22)11-12-24(23,25)2/h14,18,22-23H,3-13,15-16H2,1-2H3/t18-,22+,23-,24-,25-/m0/s1. The molecule has 5 aliphatic rings. The van der Waals surface area contributed by atoms with Gasteiger partial charge in [0.1, 0.15) is 0 Å². The number of fused-ring (bicyclic) bond motifs is 6. The number of hydrogen-bond acceptors (Lipinski definition) is 2. The Morgan fingerprint density at radius 3 is 2.89 bits per heavy atom. The van der Waals surface area contributed by atoms with E-state index in [2.05, 4.69) is 13.8 Å². The number of carbonyl (C=O) groups excluding carboxylic acids is 1. The molecule has 0 amide bonds. The summed E-state index contributed by atoms with van der Waals surface area (Å²) >= 11 is 0. The highest BCUT2D eigenvalue weighted by molar-refractivity contribution is 5.93. The third kappa shape index (κ3) is 2.65. The molecule has 0 aromatic rings. The highest BCUT2D eigenvalue weighted by Gasteiger charge is 2.74. The molecule has 5 atom stereocenters. The molecule has 0 aromatic carbocycles. The molecule has 0 heterocycles. The maximum Gasteiger partial charge on any atom is 0.156 e. The topological polar surface area (TPSA) is 26.3 Å². The third-order valence-corrected chi connectivity index (χ3v) is 9.03. The summed E-state index contributed by atoms with van der Waals surface area (Å²) in [6, 6.07) is 0. The van der Waals surface area contributed by atoms with Gasteiger partial charge >= 0.3 is 0 Å². The molecular weight excluding hydrogens is 332 g/mol. The smallest absolute Gasteiger partial charge is 0.156 e. The van der Waals surface area contributed by atoms with E-state index in [1.54, 1.807) is 11.1 Å². The second-order valence-electron chi connectivity index (χ2n) is 10.2. The molecule has 0 saturated heterocycles. The summed E-state index contributed by atoms with van der Waals surface area (Å²) in [4.78, 5) is 11.9. The van der Waals surface area contributed by atoms with Gasteiger partial charge in [-0.1, -0.05) is 38.7 Å². The van der Waals surface area contributed by atoms with E-state index in [0.717, 1.165) is 43.6 Å². The second-order valence-corrected chi connectivity index (χ2v) is 10.2. The van der Waals surface area contributed by atoms with Crippen LogP contribution in [0.25, 0.3) is 0 Å². The maximum absolute atomic E-state index is 11.9. The molecule has 0 N–H and O–H groups in total. The molecule has 3 fully saturated rings.